The van der Waals surface area contributed by atoms with Gasteiger partial charge in [-0.1, -0.05) is 6.08 Å². The number of rotatable bonds is 3. The van der Waals surface area contributed by atoms with Crippen LogP contribution in [0.4, 0.5) is 0 Å². The van der Waals surface area contributed by atoms with Crippen molar-refractivity contribution < 1.29 is 9.53 Å². The Morgan fingerprint density at radius 3 is 2.80 bits per heavy atom. The van der Waals surface area contributed by atoms with Gasteiger partial charge in [-0.25, -0.2) is 0 Å². The SMILES string of the molecule is CC=CC(C)OC(=O)CCl. The molecule has 1 unspecified atom stereocenters. The molecule has 0 aromatic rings. The molecule has 0 saturated heterocycles. The minimum Gasteiger partial charge on any atom is -0.458 e. The van der Waals surface area contributed by atoms with Crippen molar-refractivity contribution in [1.29, 1.82) is 0 Å². The molecule has 0 aromatic carbocycles. The Morgan fingerprint density at radius 1 is 1.80 bits per heavy atom. The fourth-order valence-corrected chi connectivity index (χ4v) is 0.612. The predicted molar refractivity (Wildman–Crippen MR) is 41.1 cm³/mol. The van der Waals surface area contributed by atoms with Crippen molar-refractivity contribution in [1.82, 2.24) is 0 Å². The minimum absolute atomic E-state index is 0.0815. The molecule has 0 aliphatic rings. The lowest BCUT2D eigenvalue weighted by Crippen LogP contribution is -2.13. The molecule has 0 rings (SSSR count). The average Bonchev–Trinajstić information content (AvgIpc) is 1.88. The first-order valence-electron chi connectivity index (χ1n) is 3.09. The summed E-state index contributed by atoms with van der Waals surface area (Å²) in [6.07, 6.45) is 3.44. The molecule has 2 nitrogen and oxygen atoms in total. The van der Waals surface area contributed by atoms with Gasteiger partial charge in [0.25, 0.3) is 0 Å². The highest BCUT2D eigenvalue weighted by atomic mass is 35.5. The molecule has 0 spiro atoms. The fourth-order valence-electron chi connectivity index (χ4n) is 0.549. The van der Waals surface area contributed by atoms with Gasteiger partial charge in [0.1, 0.15) is 12.0 Å². The number of halogens is 1. The van der Waals surface area contributed by atoms with Crippen LogP contribution in [0.25, 0.3) is 0 Å². The molecule has 0 fully saturated rings. The van der Waals surface area contributed by atoms with Crippen LogP contribution in [-0.4, -0.2) is 18.0 Å². The summed E-state index contributed by atoms with van der Waals surface area (Å²) < 4.78 is 4.78. The van der Waals surface area contributed by atoms with Crippen molar-refractivity contribution >= 4 is 17.6 Å². The van der Waals surface area contributed by atoms with Gasteiger partial charge in [0.2, 0.25) is 0 Å². The van der Waals surface area contributed by atoms with Gasteiger partial charge in [-0.3, -0.25) is 4.79 Å². The molecule has 0 bridgehead atoms. The van der Waals surface area contributed by atoms with Crippen molar-refractivity contribution in [2.75, 3.05) is 5.88 Å². The van der Waals surface area contributed by atoms with Crippen molar-refractivity contribution in [2.45, 2.75) is 20.0 Å². The number of alkyl halides is 1. The summed E-state index contributed by atoms with van der Waals surface area (Å²) in [5.41, 5.74) is 0. The lowest BCUT2D eigenvalue weighted by Gasteiger charge is -2.05. The van der Waals surface area contributed by atoms with E-state index in [0.29, 0.717) is 0 Å². The molecule has 10 heavy (non-hydrogen) atoms. The number of carbonyl (C=O) groups excluding carboxylic acids is 1. The molecule has 0 saturated carbocycles. The third-order valence-corrected chi connectivity index (χ3v) is 1.11. The van der Waals surface area contributed by atoms with Gasteiger partial charge in [-0.15, -0.1) is 11.6 Å². The van der Waals surface area contributed by atoms with Crippen LogP contribution in [0.3, 0.4) is 0 Å². The number of ether oxygens (including phenoxy) is 1. The summed E-state index contributed by atoms with van der Waals surface area (Å²) in [5, 5.41) is 0. The van der Waals surface area contributed by atoms with Gasteiger partial charge in [0.05, 0.1) is 0 Å². The van der Waals surface area contributed by atoms with E-state index < -0.39 is 0 Å². The molecule has 3 heteroatoms. The fraction of sp³-hybridized carbons (Fsp3) is 0.571. The Balaban J connectivity index is 3.57. The van der Waals surface area contributed by atoms with Crippen molar-refractivity contribution in [3.05, 3.63) is 12.2 Å². The number of esters is 1. The van der Waals surface area contributed by atoms with Gasteiger partial charge < -0.3 is 4.74 Å². The first kappa shape index (κ1) is 9.50. The summed E-state index contributed by atoms with van der Waals surface area (Å²) in [4.78, 5) is 10.5. The summed E-state index contributed by atoms with van der Waals surface area (Å²) in [5.74, 6) is -0.464. The lowest BCUT2D eigenvalue weighted by atomic mass is 10.4. The zero-order valence-electron chi connectivity index (χ0n) is 6.13. The smallest absolute Gasteiger partial charge is 0.321 e. The number of hydrogen-bond acceptors (Lipinski definition) is 2. The van der Waals surface area contributed by atoms with E-state index in [1.165, 1.54) is 0 Å². The van der Waals surface area contributed by atoms with Crippen LogP contribution in [0.15, 0.2) is 12.2 Å². The van der Waals surface area contributed by atoms with Crippen LogP contribution in [0, 0.1) is 0 Å². The highest BCUT2D eigenvalue weighted by Crippen LogP contribution is 1.94. The first-order valence-corrected chi connectivity index (χ1v) is 3.62. The van der Waals surface area contributed by atoms with Gasteiger partial charge in [0, 0.05) is 0 Å². The number of hydrogen-bond donors (Lipinski definition) is 0. The Morgan fingerprint density at radius 2 is 2.40 bits per heavy atom. The molecule has 0 radical (unpaired) electrons. The monoisotopic (exact) mass is 162 g/mol. The van der Waals surface area contributed by atoms with Crippen molar-refractivity contribution in [2.24, 2.45) is 0 Å². The Hall–Kier alpha value is -0.500. The van der Waals surface area contributed by atoms with Crippen LogP contribution >= 0.6 is 11.6 Å². The van der Waals surface area contributed by atoms with E-state index >= 15 is 0 Å². The first-order chi connectivity index (χ1) is 4.70. The van der Waals surface area contributed by atoms with Crippen LogP contribution in [0.5, 0.6) is 0 Å². The second kappa shape index (κ2) is 5.30. The molecule has 0 amide bonds. The Labute approximate surface area is 65.8 Å². The summed E-state index contributed by atoms with van der Waals surface area (Å²) in [6.45, 7) is 3.65. The van der Waals surface area contributed by atoms with Gasteiger partial charge in [0.15, 0.2) is 0 Å². The van der Waals surface area contributed by atoms with Gasteiger partial charge >= 0.3 is 5.97 Å². The maximum atomic E-state index is 10.5. The topological polar surface area (TPSA) is 26.3 Å². The Bertz CT molecular complexity index is 132. The van der Waals surface area contributed by atoms with E-state index in [1.807, 2.05) is 13.0 Å². The van der Waals surface area contributed by atoms with Crippen LogP contribution in [-0.2, 0) is 9.53 Å². The largest absolute Gasteiger partial charge is 0.458 e. The van der Waals surface area contributed by atoms with Crippen LogP contribution in [0.2, 0.25) is 0 Å². The van der Waals surface area contributed by atoms with Gasteiger partial charge in [-0.05, 0) is 19.9 Å². The Kier molecular flexibility index (Phi) is 5.03. The molecule has 0 aliphatic carbocycles. The molecular formula is C7H11ClO2. The number of carbonyl (C=O) groups is 1. The normalized spacial score (nSPS) is 13.5. The zero-order valence-corrected chi connectivity index (χ0v) is 6.89. The summed E-state index contributed by atoms with van der Waals surface area (Å²) in [7, 11) is 0. The summed E-state index contributed by atoms with van der Waals surface area (Å²) >= 11 is 5.20. The maximum Gasteiger partial charge on any atom is 0.321 e. The summed E-state index contributed by atoms with van der Waals surface area (Å²) in [6, 6.07) is 0. The van der Waals surface area contributed by atoms with Crippen molar-refractivity contribution in [3.63, 3.8) is 0 Å². The van der Waals surface area contributed by atoms with E-state index in [0.717, 1.165) is 0 Å². The number of allylic oxidation sites excluding steroid dienone is 1. The van der Waals surface area contributed by atoms with Crippen LogP contribution < -0.4 is 0 Å². The third-order valence-electron chi connectivity index (χ3n) is 0.890. The second-order valence-corrected chi connectivity index (χ2v) is 2.12. The minimum atomic E-state index is -0.382. The molecular weight excluding hydrogens is 152 g/mol. The quantitative estimate of drug-likeness (QED) is 0.359. The average molecular weight is 163 g/mol. The second-order valence-electron chi connectivity index (χ2n) is 1.85. The van der Waals surface area contributed by atoms with Crippen LogP contribution in [0.1, 0.15) is 13.8 Å². The highest BCUT2D eigenvalue weighted by Gasteiger charge is 2.02. The predicted octanol–water partition coefficient (Wildman–Crippen LogP) is 1.73. The zero-order chi connectivity index (χ0) is 7.98. The van der Waals surface area contributed by atoms with E-state index in [1.54, 1.807) is 13.0 Å². The molecule has 0 aliphatic heterocycles. The molecule has 0 N–H and O–H groups in total. The van der Waals surface area contributed by atoms with Crippen molar-refractivity contribution in [3.8, 4) is 0 Å². The molecule has 0 heterocycles. The lowest BCUT2D eigenvalue weighted by molar-refractivity contribution is -0.143. The van der Waals surface area contributed by atoms with E-state index in [2.05, 4.69) is 0 Å². The van der Waals surface area contributed by atoms with E-state index in [-0.39, 0.29) is 18.0 Å². The third kappa shape index (κ3) is 4.39. The standard InChI is InChI=1S/C7H11ClO2/c1-3-4-6(2)10-7(9)5-8/h3-4,6H,5H2,1-2H3. The van der Waals surface area contributed by atoms with E-state index in [4.69, 9.17) is 16.3 Å². The highest BCUT2D eigenvalue weighted by molar-refractivity contribution is 6.26. The molecule has 58 valence electrons. The maximum absolute atomic E-state index is 10.5. The van der Waals surface area contributed by atoms with Gasteiger partial charge in [-0.2, -0.15) is 0 Å². The molecule has 1 atom stereocenters. The van der Waals surface area contributed by atoms with E-state index in [9.17, 15) is 4.79 Å². The molecule has 0 aromatic heterocycles.